The molecule has 1 aliphatic heterocycles. The number of hydrogen-bond acceptors (Lipinski definition) is 3. The normalized spacial score (nSPS) is 18.5. The predicted molar refractivity (Wildman–Crippen MR) is 70.9 cm³/mol. The van der Waals surface area contributed by atoms with Gasteiger partial charge in [-0.15, -0.1) is 0 Å². The summed E-state index contributed by atoms with van der Waals surface area (Å²) in [4.78, 5) is 2.46. The summed E-state index contributed by atoms with van der Waals surface area (Å²) in [6.45, 7) is 5.28. The molecule has 0 bridgehead atoms. The van der Waals surface area contributed by atoms with E-state index in [1.54, 1.807) is 7.11 Å². The number of likely N-dealkylation sites (tertiary alicyclic amines) is 1. The van der Waals surface area contributed by atoms with Gasteiger partial charge < -0.3 is 10.5 Å². The summed E-state index contributed by atoms with van der Waals surface area (Å²) in [5.41, 5.74) is 9.45. The zero-order chi connectivity index (χ0) is 12.3. The maximum absolute atomic E-state index is 6.01. The molecule has 1 saturated heterocycles. The van der Waals surface area contributed by atoms with Crippen LogP contribution in [0.5, 0.6) is 0 Å². The molecule has 0 spiro atoms. The van der Waals surface area contributed by atoms with Crippen molar-refractivity contribution in [3.8, 4) is 0 Å². The number of piperidine rings is 1. The van der Waals surface area contributed by atoms with Crippen LogP contribution in [0.15, 0.2) is 18.2 Å². The second-order valence-corrected chi connectivity index (χ2v) is 4.91. The molecule has 17 heavy (non-hydrogen) atoms. The van der Waals surface area contributed by atoms with Crippen LogP contribution in [0.25, 0.3) is 0 Å². The lowest BCUT2D eigenvalue weighted by atomic mass is 10.0. The van der Waals surface area contributed by atoms with Crippen LogP contribution in [0.4, 0.5) is 5.69 Å². The summed E-state index contributed by atoms with van der Waals surface area (Å²) < 4.78 is 5.38. The van der Waals surface area contributed by atoms with E-state index in [0.717, 1.165) is 38.2 Å². The molecule has 0 atom stereocenters. The molecular weight excluding hydrogens is 212 g/mol. The number of aryl methyl sites for hydroxylation is 1. The quantitative estimate of drug-likeness (QED) is 0.815. The maximum Gasteiger partial charge on any atom is 0.0595 e. The van der Waals surface area contributed by atoms with Gasteiger partial charge in [-0.2, -0.15) is 0 Å². The molecule has 1 aliphatic rings. The van der Waals surface area contributed by atoms with Crippen molar-refractivity contribution in [2.75, 3.05) is 25.9 Å². The Bertz CT molecular complexity index is 370. The Morgan fingerprint density at radius 3 is 2.71 bits per heavy atom. The van der Waals surface area contributed by atoms with Gasteiger partial charge in [0.05, 0.1) is 6.10 Å². The lowest BCUT2D eigenvalue weighted by Gasteiger charge is -2.31. The molecule has 3 heteroatoms. The van der Waals surface area contributed by atoms with Gasteiger partial charge in [-0.05, 0) is 31.4 Å². The number of hydrogen-bond donors (Lipinski definition) is 1. The third kappa shape index (κ3) is 3.20. The first-order valence-electron chi connectivity index (χ1n) is 6.29. The van der Waals surface area contributed by atoms with Crippen molar-refractivity contribution in [3.05, 3.63) is 29.3 Å². The van der Waals surface area contributed by atoms with E-state index in [-0.39, 0.29) is 0 Å². The smallest absolute Gasteiger partial charge is 0.0595 e. The molecule has 1 aromatic rings. The predicted octanol–water partition coefficient (Wildman–Crippen LogP) is 2.19. The minimum atomic E-state index is 0.445. The van der Waals surface area contributed by atoms with Gasteiger partial charge in [0.25, 0.3) is 0 Å². The largest absolute Gasteiger partial charge is 0.398 e. The average molecular weight is 234 g/mol. The molecule has 1 fully saturated rings. The van der Waals surface area contributed by atoms with Gasteiger partial charge >= 0.3 is 0 Å². The zero-order valence-corrected chi connectivity index (χ0v) is 10.8. The Labute approximate surface area is 104 Å². The minimum Gasteiger partial charge on any atom is -0.398 e. The number of benzene rings is 1. The topological polar surface area (TPSA) is 38.5 Å². The number of nitrogens with zero attached hydrogens (tertiary/aromatic N) is 1. The molecule has 0 radical (unpaired) electrons. The number of nitrogen functional groups attached to an aromatic ring is 1. The lowest BCUT2D eigenvalue weighted by molar-refractivity contribution is 0.0389. The Kier molecular flexibility index (Phi) is 4.02. The summed E-state index contributed by atoms with van der Waals surface area (Å²) in [7, 11) is 1.80. The van der Waals surface area contributed by atoms with E-state index in [0.29, 0.717) is 6.10 Å². The molecule has 0 saturated carbocycles. The summed E-state index contributed by atoms with van der Waals surface area (Å²) in [6, 6.07) is 6.26. The van der Waals surface area contributed by atoms with Crippen LogP contribution in [-0.2, 0) is 11.3 Å². The number of rotatable bonds is 3. The first kappa shape index (κ1) is 12.4. The second kappa shape index (κ2) is 5.52. The van der Waals surface area contributed by atoms with Crippen molar-refractivity contribution in [2.45, 2.75) is 32.4 Å². The van der Waals surface area contributed by atoms with E-state index < -0.39 is 0 Å². The van der Waals surface area contributed by atoms with Gasteiger partial charge in [0.15, 0.2) is 0 Å². The van der Waals surface area contributed by atoms with Crippen LogP contribution < -0.4 is 5.73 Å². The highest BCUT2D eigenvalue weighted by Gasteiger charge is 2.19. The molecule has 0 aliphatic carbocycles. The Morgan fingerprint density at radius 1 is 1.35 bits per heavy atom. The molecule has 94 valence electrons. The highest BCUT2D eigenvalue weighted by Crippen LogP contribution is 2.19. The first-order chi connectivity index (χ1) is 8.19. The summed E-state index contributed by atoms with van der Waals surface area (Å²) in [5.74, 6) is 0. The fourth-order valence-electron chi connectivity index (χ4n) is 2.42. The van der Waals surface area contributed by atoms with Crippen LogP contribution in [-0.4, -0.2) is 31.2 Å². The number of ether oxygens (including phenoxy) is 1. The molecule has 0 unspecified atom stereocenters. The van der Waals surface area contributed by atoms with Crippen molar-refractivity contribution in [1.29, 1.82) is 0 Å². The van der Waals surface area contributed by atoms with Crippen LogP contribution >= 0.6 is 0 Å². The van der Waals surface area contributed by atoms with Gasteiger partial charge in [0.1, 0.15) is 0 Å². The van der Waals surface area contributed by atoms with Gasteiger partial charge in [-0.1, -0.05) is 17.7 Å². The third-order valence-electron chi connectivity index (χ3n) is 3.56. The van der Waals surface area contributed by atoms with Gasteiger partial charge in [-0.3, -0.25) is 4.90 Å². The lowest BCUT2D eigenvalue weighted by Crippen LogP contribution is -2.36. The zero-order valence-electron chi connectivity index (χ0n) is 10.8. The molecule has 1 heterocycles. The first-order valence-corrected chi connectivity index (χ1v) is 6.29. The van der Waals surface area contributed by atoms with Crippen LogP contribution in [0.3, 0.4) is 0 Å². The van der Waals surface area contributed by atoms with Crippen LogP contribution in [0, 0.1) is 6.92 Å². The van der Waals surface area contributed by atoms with Crippen molar-refractivity contribution in [3.63, 3.8) is 0 Å². The van der Waals surface area contributed by atoms with Crippen molar-refractivity contribution in [1.82, 2.24) is 4.90 Å². The van der Waals surface area contributed by atoms with E-state index in [1.807, 2.05) is 6.07 Å². The van der Waals surface area contributed by atoms with Crippen molar-refractivity contribution in [2.24, 2.45) is 0 Å². The van der Waals surface area contributed by atoms with Crippen molar-refractivity contribution >= 4 is 5.69 Å². The molecule has 2 rings (SSSR count). The molecule has 2 N–H and O–H groups in total. The molecule has 0 aromatic heterocycles. The number of methoxy groups -OCH3 is 1. The van der Waals surface area contributed by atoms with E-state index >= 15 is 0 Å². The van der Waals surface area contributed by atoms with Crippen molar-refractivity contribution < 1.29 is 4.74 Å². The van der Waals surface area contributed by atoms with E-state index in [4.69, 9.17) is 10.5 Å². The van der Waals surface area contributed by atoms with E-state index in [2.05, 4.69) is 24.0 Å². The Morgan fingerprint density at radius 2 is 2.06 bits per heavy atom. The maximum atomic E-state index is 6.01. The molecule has 3 nitrogen and oxygen atoms in total. The standard InChI is InChI=1S/C14H22N2O/c1-11-3-4-14(15)12(9-11)10-16-7-5-13(17-2)6-8-16/h3-4,9,13H,5-8,10,15H2,1-2H3. The van der Waals surface area contributed by atoms with Gasteiger partial charge in [-0.25, -0.2) is 0 Å². The summed E-state index contributed by atoms with van der Waals surface area (Å²) >= 11 is 0. The SMILES string of the molecule is COC1CCN(Cc2cc(C)ccc2N)CC1. The second-order valence-electron chi connectivity index (χ2n) is 4.91. The number of anilines is 1. The molecule has 1 aromatic carbocycles. The Hall–Kier alpha value is -1.06. The fourth-order valence-corrected chi connectivity index (χ4v) is 2.42. The minimum absolute atomic E-state index is 0.445. The highest BCUT2D eigenvalue weighted by atomic mass is 16.5. The molecule has 0 amide bonds. The van der Waals surface area contributed by atoms with E-state index in [9.17, 15) is 0 Å². The Balaban J connectivity index is 1.95. The highest BCUT2D eigenvalue weighted by molar-refractivity contribution is 5.48. The number of nitrogens with two attached hydrogens (primary N) is 1. The monoisotopic (exact) mass is 234 g/mol. The van der Waals surface area contributed by atoms with Gasteiger partial charge in [0.2, 0.25) is 0 Å². The molecular formula is C14H22N2O. The van der Waals surface area contributed by atoms with Crippen LogP contribution in [0.2, 0.25) is 0 Å². The third-order valence-corrected chi connectivity index (χ3v) is 3.56. The van der Waals surface area contributed by atoms with Crippen LogP contribution in [0.1, 0.15) is 24.0 Å². The van der Waals surface area contributed by atoms with E-state index in [1.165, 1.54) is 11.1 Å². The summed E-state index contributed by atoms with van der Waals surface area (Å²) in [5, 5.41) is 0. The van der Waals surface area contributed by atoms with Gasteiger partial charge in [0, 0.05) is 32.4 Å². The fraction of sp³-hybridized carbons (Fsp3) is 0.571. The average Bonchev–Trinajstić information content (AvgIpc) is 2.35. The summed E-state index contributed by atoms with van der Waals surface area (Å²) in [6.07, 6.45) is 2.70.